The monoisotopic (exact) mass is 469 g/mol. The molecule has 2 aliphatic heterocycles. The molecule has 4 amide bonds. The molecule has 2 fully saturated rings. The van der Waals surface area contributed by atoms with Gasteiger partial charge in [0.15, 0.2) is 0 Å². The molecule has 9 heteroatoms. The second kappa shape index (κ2) is 10.4. The number of piperidine rings is 2. The summed E-state index contributed by atoms with van der Waals surface area (Å²) >= 11 is 1.30. The molecule has 2 aliphatic rings. The number of carbonyl (C=O) groups is 3. The second-order valence-corrected chi connectivity index (χ2v) is 9.96. The van der Waals surface area contributed by atoms with Crippen molar-refractivity contribution in [3.8, 4) is 10.4 Å². The van der Waals surface area contributed by atoms with Crippen LogP contribution >= 0.6 is 11.3 Å². The Bertz CT molecular complexity index is 1010. The largest absolute Gasteiger partial charge is 0.351 e. The van der Waals surface area contributed by atoms with E-state index in [0.717, 1.165) is 62.3 Å². The number of carbonyl (C=O) groups excluding carboxylic acids is 3. The van der Waals surface area contributed by atoms with Gasteiger partial charge in [0.05, 0.1) is 5.69 Å². The number of nitrogens with zero attached hydrogens (tertiary/aromatic N) is 1. The summed E-state index contributed by atoms with van der Waals surface area (Å²) in [7, 11) is 0. The van der Waals surface area contributed by atoms with Crippen molar-refractivity contribution in [1.82, 2.24) is 15.5 Å². The Morgan fingerprint density at radius 2 is 1.85 bits per heavy atom. The van der Waals surface area contributed by atoms with Gasteiger partial charge >= 0.3 is 6.03 Å². The fourth-order valence-electron chi connectivity index (χ4n) is 4.32. The summed E-state index contributed by atoms with van der Waals surface area (Å²) in [5, 5.41) is 8.89. The van der Waals surface area contributed by atoms with Crippen molar-refractivity contribution in [2.45, 2.75) is 38.6 Å². The SMILES string of the molecule is CC1CCN(C(=O)c2ccc(-c3cc(NC(N)=O)c(C(=O)N[C@H]4CCCNC4)s3)cc2)CC1. The average molecular weight is 470 g/mol. The van der Waals surface area contributed by atoms with Crippen LogP contribution in [0.25, 0.3) is 10.4 Å². The van der Waals surface area contributed by atoms with E-state index in [1.165, 1.54) is 11.3 Å². The molecule has 0 radical (unpaired) electrons. The maximum absolute atomic E-state index is 12.9. The van der Waals surface area contributed by atoms with Crippen LogP contribution in [-0.2, 0) is 0 Å². The van der Waals surface area contributed by atoms with Gasteiger partial charge in [0, 0.05) is 36.1 Å². The number of thiophene rings is 1. The van der Waals surface area contributed by atoms with Crippen molar-refractivity contribution in [2.75, 3.05) is 31.5 Å². The van der Waals surface area contributed by atoms with Crippen molar-refractivity contribution in [3.05, 3.63) is 40.8 Å². The minimum absolute atomic E-state index is 0.0527. The Balaban J connectivity index is 1.51. The lowest BCUT2D eigenvalue weighted by Crippen LogP contribution is -2.45. The van der Waals surface area contributed by atoms with Gasteiger partial charge in [-0.3, -0.25) is 9.59 Å². The van der Waals surface area contributed by atoms with E-state index in [1.807, 2.05) is 29.2 Å². The quantitative estimate of drug-likeness (QED) is 0.538. The summed E-state index contributed by atoms with van der Waals surface area (Å²) in [4.78, 5) is 40.4. The minimum atomic E-state index is -0.718. The van der Waals surface area contributed by atoms with E-state index in [4.69, 9.17) is 5.73 Å². The predicted octanol–water partition coefficient (Wildman–Crippen LogP) is 3.26. The van der Waals surface area contributed by atoms with Gasteiger partial charge in [-0.25, -0.2) is 4.79 Å². The number of anilines is 1. The number of nitrogens with two attached hydrogens (primary N) is 1. The molecule has 3 heterocycles. The molecule has 176 valence electrons. The van der Waals surface area contributed by atoms with Gasteiger partial charge in [-0.05, 0) is 61.9 Å². The average Bonchev–Trinajstić information content (AvgIpc) is 3.23. The zero-order chi connectivity index (χ0) is 23.4. The first-order valence-electron chi connectivity index (χ1n) is 11.5. The Morgan fingerprint density at radius 1 is 1.12 bits per heavy atom. The molecule has 8 nitrogen and oxygen atoms in total. The van der Waals surface area contributed by atoms with E-state index in [9.17, 15) is 14.4 Å². The zero-order valence-corrected chi connectivity index (χ0v) is 19.7. The van der Waals surface area contributed by atoms with Crippen molar-refractivity contribution in [3.63, 3.8) is 0 Å². The molecule has 1 aromatic heterocycles. The van der Waals surface area contributed by atoms with Gasteiger partial charge in [0.25, 0.3) is 11.8 Å². The highest BCUT2D eigenvalue weighted by Gasteiger charge is 2.23. The number of hydrogen-bond acceptors (Lipinski definition) is 5. The number of primary amides is 1. The standard InChI is InChI=1S/C24H31N5O3S/c1-15-8-11-29(12-9-15)23(31)17-6-4-16(5-7-17)20-13-19(28-24(25)32)21(33-20)22(30)27-18-3-2-10-26-14-18/h4-7,13,15,18,26H,2-3,8-12,14H2,1H3,(H,27,30)(H3,25,28,32)/t18-/m0/s1. The van der Waals surface area contributed by atoms with E-state index < -0.39 is 6.03 Å². The van der Waals surface area contributed by atoms with Crippen LogP contribution in [-0.4, -0.2) is 55.0 Å². The fraction of sp³-hybridized carbons (Fsp3) is 0.458. The van der Waals surface area contributed by atoms with Crippen LogP contribution in [0.15, 0.2) is 30.3 Å². The second-order valence-electron chi connectivity index (χ2n) is 8.91. The van der Waals surface area contributed by atoms with Crippen molar-refractivity contribution >= 4 is 34.9 Å². The molecule has 2 saturated heterocycles. The van der Waals surface area contributed by atoms with Crippen LogP contribution in [0.4, 0.5) is 10.5 Å². The molecule has 1 atom stereocenters. The van der Waals surface area contributed by atoms with Crippen LogP contribution in [0, 0.1) is 5.92 Å². The summed E-state index contributed by atoms with van der Waals surface area (Å²) in [6.45, 7) is 5.50. The maximum Gasteiger partial charge on any atom is 0.316 e. The van der Waals surface area contributed by atoms with Gasteiger partial charge in [0.2, 0.25) is 0 Å². The van der Waals surface area contributed by atoms with Crippen molar-refractivity contribution in [2.24, 2.45) is 11.7 Å². The van der Waals surface area contributed by atoms with Gasteiger partial charge in [0.1, 0.15) is 4.88 Å². The molecule has 4 rings (SSSR count). The third kappa shape index (κ3) is 5.72. The number of hydrogen-bond donors (Lipinski definition) is 4. The molecule has 5 N–H and O–H groups in total. The lowest BCUT2D eigenvalue weighted by atomic mass is 9.98. The number of benzene rings is 1. The summed E-state index contributed by atoms with van der Waals surface area (Å²) < 4.78 is 0. The van der Waals surface area contributed by atoms with E-state index in [1.54, 1.807) is 6.07 Å². The molecule has 0 spiro atoms. The first kappa shape index (κ1) is 23.3. The maximum atomic E-state index is 12.9. The van der Waals surface area contributed by atoms with Crippen LogP contribution in [0.3, 0.4) is 0 Å². The topological polar surface area (TPSA) is 117 Å². The summed E-state index contributed by atoms with van der Waals surface area (Å²) in [5.41, 5.74) is 7.25. The van der Waals surface area contributed by atoms with E-state index in [0.29, 0.717) is 22.0 Å². The molecule has 0 unspecified atom stereocenters. The Hall–Kier alpha value is -2.91. The lowest BCUT2D eigenvalue weighted by Gasteiger charge is -2.30. The Morgan fingerprint density at radius 3 is 2.48 bits per heavy atom. The number of likely N-dealkylation sites (tertiary alicyclic amines) is 1. The summed E-state index contributed by atoms with van der Waals surface area (Å²) in [6, 6.07) is 8.50. The number of nitrogens with one attached hydrogen (secondary N) is 3. The van der Waals surface area contributed by atoms with Gasteiger partial charge < -0.3 is 26.6 Å². The van der Waals surface area contributed by atoms with E-state index in [-0.39, 0.29) is 17.9 Å². The van der Waals surface area contributed by atoms with Gasteiger partial charge in [-0.1, -0.05) is 19.1 Å². The summed E-state index contributed by atoms with van der Waals surface area (Å²) in [6.07, 6.45) is 4.00. The van der Waals surface area contributed by atoms with Crippen LogP contribution in [0.2, 0.25) is 0 Å². The molecule has 1 aromatic carbocycles. The third-order valence-corrected chi connectivity index (χ3v) is 7.50. The molecular weight excluding hydrogens is 438 g/mol. The molecular formula is C24H31N5O3S. The number of amides is 4. The van der Waals surface area contributed by atoms with Gasteiger partial charge in [-0.2, -0.15) is 0 Å². The Kier molecular flexibility index (Phi) is 7.29. The highest BCUT2D eigenvalue weighted by Crippen LogP contribution is 2.35. The number of urea groups is 1. The molecule has 33 heavy (non-hydrogen) atoms. The fourth-order valence-corrected chi connectivity index (χ4v) is 5.35. The Labute approximate surface area is 197 Å². The highest BCUT2D eigenvalue weighted by atomic mass is 32.1. The smallest absolute Gasteiger partial charge is 0.316 e. The third-order valence-electron chi connectivity index (χ3n) is 6.32. The van der Waals surface area contributed by atoms with Crippen LogP contribution < -0.4 is 21.7 Å². The van der Waals surface area contributed by atoms with Gasteiger partial charge in [-0.15, -0.1) is 11.3 Å². The lowest BCUT2D eigenvalue weighted by molar-refractivity contribution is 0.0697. The molecule has 2 aromatic rings. The van der Waals surface area contributed by atoms with Crippen LogP contribution in [0.5, 0.6) is 0 Å². The normalized spacial score (nSPS) is 19.2. The first-order valence-corrected chi connectivity index (χ1v) is 12.3. The zero-order valence-electron chi connectivity index (χ0n) is 18.9. The predicted molar refractivity (Wildman–Crippen MR) is 131 cm³/mol. The van der Waals surface area contributed by atoms with E-state index >= 15 is 0 Å². The molecule has 0 bridgehead atoms. The highest BCUT2D eigenvalue weighted by molar-refractivity contribution is 7.18. The van der Waals surface area contributed by atoms with E-state index in [2.05, 4.69) is 22.9 Å². The van der Waals surface area contributed by atoms with Crippen molar-refractivity contribution < 1.29 is 14.4 Å². The molecule has 0 aliphatic carbocycles. The number of rotatable bonds is 5. The van der Waals surface area contributed by atoms with Crippen molar-refractivity contribution in [1.29, 1.82) is 0 Å². The minimum Gasteiger partial charge on any atom is -0.351 e. The van der Waals surface area contributed by atoms with Crippen LogP contribution in [0.1, 0.15) is 52.6 Å². The first-order chi connectivity index (χ1) is 15.9. The molecule has 0 saturated carbocycles. The summed E-state index contributed by atoms with van der Waals surface area (Å²) in [5.74, 6) is 0.492.